The summed E-state index contributed by atoms with van der Waals surface area (Å²) >= 11 is -2.59. The lowest BCUT2D eigenvalue weighted by Crippen LogP contribution is -2.07. The van der Waals surface area contributed by atoms with Crippen LogP contribution < -0.4 is 5.73 Å². The fourth-order valence-corrected chi connectivity index (χ4v) is 2.41. The van der Waals surface area contributed by atoms with Crippen LogP contribution in [0.25, 0.3) is 11.1 Å². The summed E-state index contributed by atoms with van der Waals surface area (Å²) in [6, 6.07) is 2.59. The Morgan fingerprint density at radius 1 is 1.29 bits per heavy atom. The van der Waals surface area contributed by atoms with Gasteiger partial charge in [0.1, 0.15) is 0 Å². The van der Waals surface area contributed by atoms with Crippen molar-refractivity contribution in [1.29, 1.82) is 0 Å². The zero-order valence-corrected chi connectivity index (χ0v) is 11.5. The van der Waals surface area contributed by atoms with E-state index in [1.54, 1.807) is 6.92 Å². The van der Waals surface area contributed by atoms with Crippen LogP contribution in [0.5, 0.6) is 0 Å². The predicted molar refractivity (Wildman–Crippen MR) is 70.7 cm³/mol. The molecule has 0 spiro atoms. The van der Waals surface area contributed by atoms with Crippen molar-refractivity contribution in [2.24, 2.45) is 0 Å². The Bertz CT molecular complexity index is 719. The Morgan fingerprint density at radius 3 is 2.48 bits per heavy atom. The van der Waals surface area contributed by atoms with Crippen LogP contribution in [0.1, 0.15) is 11.3 Å². The summed E-state index contributed by atoms with van der Waals surface area (Å²) in [5.41, 5.74) is 5.30. The van der Waals surface area contributed by atoms with Gasteiger partial charge in [-0.05, 0) is 19.1 Å². The second-order valence-electron chi connectivity index (χ2n) is 4.19. The molecular formula is C12H10F3N3O2S. The minimum Gasteiger partial charge on any atom is -0.368 e. The maximum Gasteiger partial charge on any atom is 0.416 e. The van der Waals surface area contributed by atoms with Gasteiger partial charge in [0.15, 0.2) is 11.1 Å². The molecule has 2 rings (SSSR count). The molecular weight excluding hydrogens is 307 g/mol. The molecule has 21 heavy (non-hydrogen) atoms. The largest absolute Gasteiger partial charge is 0.416 e. The van der Waals surface area contributed by atoms with E-state index in [1.165, 1.54) is 6.20 Å². The van der Waals surface area contributed by atoms with E-state index in [0.717, 1.165) is 12.1 Å². The van der Waals surface area contributed by atoms with Crippen LogP contribution in [0.15, 0.2) is 29.3 Å². The van der Waals surface area contributed by atoms with Gasteiger partial charge >= 0.3 is 6.18 Å². The summed E-state index contributed by atoms with van der Waals surface area (Å²) in [6.45, 7) is 1.58. The number of anilines is 1. The van der Waals surface area contributed by atoms with E-state index in [4.69, 9.17) is 5.73 Å². The molecule has 0 aliphatic rings. The van der Waals surface area contributed by atoms with Crippen LogP contribution in [0, 0.1) is 6.92 Å². The van der Waals surface area contributed by atoms with Crippen molar-refractivity contribution in [3.05, 3.63) is 35.7 Å². The van der Waals surface area contributed by atoms with Crippen molar-refractivity contribution in [2.75, 3.05) is 5.73 Å². The first-order valence-corrected chi connectivity index (χ1v) is 6.72. The molecule has 1 heterocycles. The Hall–Kier alpha value is -2.00. The summed E-state index contributed by atoms with van der Waals surface area (Å²) in [4.78, 5) is 7.28. The van der Waals surface area contributed by atoms with Gasteiger partial charge in [0, 0.05) is 17.3 Å². The van der Waals surface area contributed by atoms with Gasteiger partial charge in [-0.3, -0.25) is 0 Å². The van der Waals surface area contributed by atoms with E-state index in [-0.39, 0.29) is 16.4 Å². The molecule has 0 saturated carbocycles. The normalized spacial score (nSPS) is 13.2. The number of nitrogens with two attached hydrogens (primary N) is 1. The first kappa shape index (κ1) is 15.4. The smallest absolute Gasteiger partial charge is 0.368 e. The molecule has 112 valence electrons. The zero-order chi connectivity index (χ0) is 15.8. The van der Waals surface area contributed by atoms with E-state index in [1.807, 2.05) is 0 Å². The van der Waals surface area contributed by atoms with E-state index < -0.39 is 22.8 Å². The molecule has 1 atom stereocenters. The van der Waals surface area contributed by atoms with Crippen LogP contribution in [-0.4, -0.2) is 18.7 Å². The summed E-state index contributed by atoms with van der Waals surface area (Å²) in [5, 5.41) is 0. The summed E-state index contributed by atoms with van der Waals surface area (Å²) in [7, 11) is 0. The standard InChI is InChI=1S/C12H10F3N3O2S/c1-6-9(5-17-11(16)18-6)8-3-2-7(12(13,14)15)4-10(8)21(19)20/h2-5H,1H3,(H,19,20)(H2,16,17,18). The van der Waals surface area contributed by atoms with Gasteiger partial charge in [0.05, 0.1) is 16.2 Å². The van der Waals surface area contributed by atoms with Gasteiger partial charge in [-0.25, -0.2) is 14.2 Å². The van der Waals surface area contributed by atoms with E-state index in [0.29, 0.717) is 17.3 Å². The molecule has 0 aliphatic heterocycles. The van der Waals surface area contributed by atoms with Crippen LogP contribution in [0.4, 0.5) is 19.1 Å². The van der Waals surface area contributed by atoms with Crippen LogP contribution in [0.3, 0.4) is 0 Å². The van der Waals surface area contributed by atoms with Gasteiger partial charge in [-0.1, -0.05) is 6.07 Å². The quantitative estimate of drug-likeness (QED) is 0.831. The first-order valence-electron chi connectivity index (χ1n) is 5.61. The highest BCUT2D eigenvalue weighted by Crippen LogP contribution is 2.35. The number of aromatic nitrogens is 2. The molecule has 0 aliphatic carbocycles. The number of benzene rings is 1. The SMILES string of the molecule is Cc1nc(N)ncc1-c1ccc(C(F)(F)F)cc1S(=O)O. The molecule has 9 heteroatoms. The average molecular weight is 317 g/mol. The second-order valence-corrected chi connectivity index (χ2v) is 5.12. The molecule has 0 radical (unpaired) electrons. The van der Waals surface area contributed by atoms with Gasteiger partial charge in [-0.15, -0.1) is 0 Å². The minimum absolute atomic E-state index is 0.00910. The Morgan fingerprint density at radius 2 is 1.95 bits per heavy atom. The van der Waals surface area contributed by atoms with Crippen molar-refractivity contribution in [1.82, 2.24) is 9.97 Å². The second kappa shape index (κ2) is 5.41. The number of nitrogen functional groups attached to an aromatic ring is 1. The molecule has 5 nitrogen and oxygen atoms in total. The minimum atomic E-state index is -4.60. The summed E-state index contributed by atoms with van der Waals surface area (Å²) in [5.74, 6) is 0.00910. The van der Waals surface area contributed by atoms with E-state index in [9.17, 15) is 21.9 Å². The third-order valence-electron chi connectivity index (χ3n) is 2.79. The monoisotopic (exact) mass is 317 g/mol. The third-order valence-corrected chi connectivity index (χ3v) is 3.50. The number of aryl methyl sites for hydroxylation is 1. The van der Waals surface area contributed by atoms with Gasteiger partial charge in [-0.2, -0.15) is 13.2 Å². The lowest BCUT2D eigenvalue weighted by Gasteiger charge is -2.12. The van der Waals surface area contributed by atoms with Crippen molar-refractivity contribution in [2.45, 2.75) is 18.0 Å². The summed E-state index contributed by atoms with van der Waals surface area (Å²) in [6.07, 6.45) is -3.30. The van der Waals surface area contributed by atoms with Gasteiger partial charge in [0.2, 0.25) is 5.95 Å². The molecule has 1 aromatic heterocycles. The molecule has 3 N–H and O–H groups in total. The first-order chi connectivity index (χ1) is 9.70. The third kappa shape index (κ3) is 3.19. The van der Waals surface area contributed by atoms with Crippen LogP contribution >= 0.6 is 0 Å². The molecule has 2 aromatic rings. The lowest BCUT2D eigenvalue weighted by molar-refractivity contribution is -0.137. The number of hydrogen-bond donors (Lipinski definition) is 2. The Labute approximate surface area is 120 Å². The fourth-order valence-electron chi connectivity index (χ4n) is 1.82. The number of rotatable bonds is 2. The average Bonchev–Trinajstić information content (AvgIpc) is 2.37. The maximum atomic E-state index is 12.7. The highest BCUT2D eigenvalue weighted by Gasteiger charge is 2.31. The van der Waals surface area contributed by atoms with E-state index >= 15 is 0 Å². The van der Waals surface area contributed by atoms with Crippen LogP contribution in [-0.2, 0) is 17.3 Å². The van der Waals surface area contributed by atoms with E-state index in [2.05, 4.69) is 9.97 Å². The van der Waals surface area contributed by atoms with Crippen molar-refractivity contribution in [3.63, 3.8) is 0 Å². The molecule has 0 saturated heterocycles. The Balaban J connectivity index is 2.66. The maximum absolute atomic E-state index is 12.7. The molecule has 1 aromatic carbocycles. The summed E-state index contributed by atoms with van der Waals surface area (Å²) < 4.78 is 58.6. The van der Waals surface area contributed by atoms with Crippen LogP contribution in [0.2, 0.25) is 0 Å². The number of nitrogens with zero attached hydrogens (tertiary/aromatic N) is 2. The number of hydrogen-bond acceptors (Lipinski definition) is 4. The molecule has 1 unspecified atom stereocenters. The molecule has 0 fully saturated rings. The highest BCUT2D eigenvalue weighted by atomic mass is 32.2. The molecule has 0 bridgehead atoms. The highest BCUT2D eigenvalue weighted by molar-refractivity contribution is 7.79. The topological polar surface area (TPSA) is 89.1 Å². The fraction of sp³-hybridized carbons (Fsp3) is 0.167. The zero-order valence-electron chi connectivity index (χ0n) is 10.7. The molecule has 0 amide bonds. The van der Waals surface area contributed by atoms with Gasteiger partial charge in [0.25, 0.3) is 0 Å². The Kier molecular flexibility index (Phi) is 3.97. The lowest BCUT2D eigenvalue weighted by atomic mass is 10.0. The number of halogens is 3. The predicted octanol–water partition coefficient (Wildman–Crippen LogP) is 2.63. The van der Waals surface area contributed by atoms with Crippen molar-refractivity contribution in [3.8, 4) is 11.1 Å². The van der Waals surface area contributed by atoms with Gasteiger partial charge < -0.3 is 10.3 Å². The number of alkyl halides is 3. The van der Waals surface area contributed by atoms with Crippen molar-refractivity contribution >= 4 is 17.0 Å². The van der Waals surface area contributed by atoms with Crippen molar-refractivity contribution < 1.29 is 21.9 Å².